The van der Waals surface area contributed by atoms with Crippen molar-refractivity contribution in [2.75, 3.05) is 5.75 Å². The third kappa shape index (κ3) is 6.30. The summed E-state index contributed by atoms with van der Waals surface area (Å²) in [5.41, 5.74) is -0.0265. The Hall–Kier alpha value is -1.97. The van der Waals surface area contributed by atoms with Crippen molar-refractivity contribution in [1.82, 2.24) is 5.32 Å². The molecule has 0 aromatic heterocycles. The molecular formula is C18H25NO7S. The summed E-state index contributed by atoms with van der Waals surface area (Å²) in [6.45, 7) is 4.89. The van der Waals surface area contributed by atoms with Crippen molar-refractivity contribution in [3.8, 4) is 0 Å². The van der Waals surface area contributed by atoms with Gasteiger partial charge in [0.1, 0.15) is 0 Å². The minimum absolute atomic E-state index is 0.0196. The molecule has 1 aromatic carbocycles. The highest BCUT2D eigenvalue weighted by molar-refractivity contribution is 7.85. The molecule has 0 aliphatic carbocycles. The van der Waals surface area contributed by atoms with Crippen LogP contribution in [0.1, 0.15) is 45.5 Å². The monoisotopic (exact) mass is 399 g/mol. The number of cyclic esters (lactones) is 1. The standard InChI is InChI=1S/C18H25NO7S/c1-12(20)19-14(9-10-27(22,23)24)11-18(2,3)15-16(21)26-17(25-15)13-7-5-4-6-8-13/h4-8,14-15,17H,9-11H2,1-3H3,(H,19,20)(H,22,23,24). The molecule has 0 bridgehead atoms. The van der Waals surface area contributed by atoms with Crippen LogP contribution in [-0.2, 0) is 29.2 Å². The maximum atomic E-state index is 12.4. The van der Waals surface area contributed by atoms with E-state index in [-0.39, 0.29) is 18.7 Å². The van der Waals surface area contributed by atoms with Crippen LogP contribution in [0.25, 0.3) is 0 Å². The lowest BCUT2D eigenvalue weighted by Crippen LogP contribution is -2.43. The van der Waals surface area contributed by atoms with Gasteiger partial charge in [0.05, 0.1) is 5.75 Å². The Kier molecular flexibility index (Phi) is 6.61. The molecule has 9 heteroatoms. The molecule has 1 aromatic rings. The highest BCUT2D eigenvalue weighted by Gasteiger charge is 2.46. The SMILES string of the molecule is CC(=O)NC(CCS(=O)(=O)O)CC(C)(C)C1OC(c2ccccc2)OC1=O. The van der Waals surface area contributed by atoms with E-state index < -0.39 is 45.7 Å². The van der Waals surface area contributed by atoms with E-state index in [4.69, 9.17) is 14.0 Å². The number of nitrogens with one attached hydrogen (secondary N) is 1. The van der Waals surface area contributed by atoms with Crippen molar-refractivity contribution in [2.24, 2.45) is 5.41 Å². The smallest absolute Gasteiger partial charge is 0.338 e. The molecule has 0 spiro atoms. The summed E-state index contributed by atoms with van der Waals surface area (Å²) in [6.07, 6.45) is -1.39. The third-order valence-corrected chi connectivity index (χ3v) is 5.13. The van der Waals surface area contributed by atoms with Crippen LogP contribution in [-0.4, -0.2) is 42.7 Å². The summed E-state index contributed by atoms with van der Waals surface area (Å²) >= 11 is 0. The predicted molar refractivity (Wildman–Crippen MR) is 97.2 cm³/mol. The topological polar surface area (TPSA) is 119 Å². The van der Waals surface area contributed by atoms with Crippen LogP contribution in [0.5, 0.6) is 0 Å². The molecule has 0 radical (unpaired) electrons. The average Bonchev–Trinajstić information content (AvgIpc) is 2.95. The van der Waals surface area contributed by atoms with Crippen LogP contribution in [0.4, 0.5) is 0 Å². The molecule has 1 aliphatic heterocycles. The number of esters is 1. The normalized spacial score (nSPS) is 21.6. The van der Waals surface area contributed by atoms with E-state index in [1.54, 1.807) is 26.0 Å². The number of carbonyl (C=O) groups is 2. The first-order chi connectivity index (χ1) is 12.5. The van der Waals surface area contributed by atoms with Crippen LogP contribution in [0.2, 0.25) is 0 Å². The molecule has 0 saturated carbocycles. The van der Waals surface area contributed by atoms with Gasteiger partial charge in [-0.25, -0.2) is 4.79 Å². The summed E-state index contributed by atoms with van der Waals surface area (Å²) in [7, 11) is -4.16. The number of ether oxygens (including phenoxy) is 2. The van der Waals surface area contributed by atoms with Crippen molar-refractivity contribution < 1.29 is 32.0 Å². The molecule has 8 nitrogen and oxygen atoms in total. The van der Waals surface area contributed by atoms with Gasteiger partial charge in [0.2, 0.25) is 12.2 Å². The first-order valence-electron chi connectivity index (χ1n) is 8.61. The van der Waals surface area contributed by atoms with E-state index >= 15 is 0 Å². The van der Waals surface area contributed by atoms with Gasteiger partial charge < -0.3 is 14.8 Å². The van der Waals surface area contributed by atoms with Crippen molar-refractivity contribution in [2.45, 2.75) is 52.0 Å². The lowest BCUT2D eigenvalue weighted by Gasteiger charge is -2.32. The first-order valence-corrected chi connectivity index (χ1v) is 10.2. The molecule has 3 atom stereocenters. The summed E-state index contributed by atoms with van der Waals surface area (Å²) < 4.78 is 42.2. The van der Waals surface area contributed by atoms with E-state index in [9.17, 15) is 18.0 Å². The Labute approximate surface area is 159 Å². The maximum absolute atomic E-state index is 12.4. The number of rotatable bonds is 8. The second-order valence-electron chi connectivity index (χ2n) is 7.36. The zero-order valence-corrected chi connectivity index (χ0v) is 16.4. The van der Waals surface area contributed by atoms with Crippen molar-refractivity contribution in [3.63, 3.8) is 0 Å². The van der Waals surface area contributed by atoms with Gasteiger partial charge in [0.25, 0.3) is 10.1 Å². The molecule has 1 fully saturated rings. The predicted octanol–water partition coefficient (Wildman–Crippen LogP) is 1.83. The third-order valence-electron chi connectivity index (χ3n) is 4.38. The van der Waals surface area contributed by atoms with Gasteiger partial charge in [-0.15, -0.1) is 0 Å². The van der Waals surface area contributed by atoms with Gasteiger partial charge >= 0.3 is 5.97 Å². The van der Waals surface area contributed by atoms with Crippen LogP contribution in [0.3, 0.4) is 0 Å². The fourth-order valence-corrected chi connectivity index (χ4v) is 3.76. The molecule has 27 heavy (non-hydrogen) atoms. The van der Waals surface area contributed by atoms with Gasteiger partial charge in [-0.2, -0.15) is 8.42 Å². The number of hydrogen-bond acceptors (Lipinski definition) is 6. The molecule has 1 saturated heterocycles. The molecule has 2 N–H and O–H groups in total. The zero-order valence-electron chi connectivity index (χ0n) is 15.5. The summed E-state index contributed by atoms with van der Waals surface area (Å²) in [5, 5.41) is 2.67. The molecular weight excluding hydrogens is 374 g/mol. The lowest BCUT2D eigenvalue weighted by molar-refractivity contribution is -0.144. The minimum Gasteiger partial charge on any atom is -0.429 e. The Morgan fingerprint density at radius 2 is 1.93 bits per heavy atom. The van der Waals surface area contributed by atoms with Crippen LogP contribution >= 0.6 is 0 Å². The maximum Gasteiger partial charge on any atom is 0.338 e. The Morgan fingerprint density at radius 3 is 2.48 bits per heavy atom. The Balaban J connectivity index is 2.09. The van der Waals surface area contributed by atoms with Crippen LogP contribution in [0, 0.1) is 5.41 Å². The Bertz CT molecular complexity index is 776. The molecule has 1 heterocycles. The molecule has 150 valence electrons. The van der Waals surface area contributed by atoms with Crippen LogP contribution in [0.15, 0.2) is 30.3 Å². The molecule has 2 rings (SSSR count). The number of carbonyl (C=O) groups excluding carboxylic acids is 2. The van der Waals surface area contributed by atoms with Crippen LogP contribution < -0.4 is 5.32 Å². The van der Waals surface area contributed by atoms with Gasteiger partial charge in [-0.05, 0) is 12.8 Å². The van der Waals surface area contributed by atoms with E-state index in [0.29, 0.717) is 5.56 Å². The zero-order chi connectivity index (χ0) is 20.2. The largest absolute Gasteiger partial charge is 0.429 e. The van der Waals surface area contributed by atoms with Crippen molar-refractivity contribution in [1.29, 1.82) is 0 Å². The van der Waals surface area contributed by atoms with Gasteiger partial charge in [-0.1, -0.05) is 44.2 Å². The second-order valence-corrected chi connectivity index (χ2v) is 8.93. The van der Waals surface area contributed by atoms with Gasteiger partial charge in [-0.3, -0.25) is 9.35 Å². The quantitative estimate of drug-likeness (QED) is 0.505. The fraction of sp³-hybridized carbons (Fsp3) is 0.556. The van der Waals surface area contributed by atoms with E-state index in [2.05, 4.69) is 5.32 Å². The van der Waals surface area contributed by atoms with Crippen molar-refractivity contribution in [3.05, 3.63) is 35.9 Å². The average molecular weight is 399 g/mol. The van der Waals surface area contributed by atoms with E-state index in [1.807, 2.05) is 18.2 Å². The Morgan fingerprint density at radius 1 is 1.30 bits per heavy atom. The molecule has 3 unspecified atom stereocenters. The van der Waals surface area contributed by atoms with E-state index in [1.165, 1.54) is 6.92 Å². The molecule has 1 amide bonds. The van der Waals surface area contributed by atoms with E-state index in [0.717, 1.165) is 0 Å². The number of amides is 1. The number of benzene rings is 1. The molecule has 1 aliphatic rings. The highest BCUT2D eigenvalue weighted by Crippen LogP contribution is 2.39. The van der Waals surface area contributed by atoms with Gasteiger partial charge in [0.15, 0.2) is 6.10 Å². The number of hydrogen-bond donors (Lipinski definition) is 2. The van der Waals surface area contributed by atoms with Gasteiger partial charge in [0, 0.05) is 23.9 Å². The van der Waals surface area contributed by atoms with Crippen molar-refractivity contribution >= 4 is 22.0 Å². The highest BCUT2D eigenvalue weighted by atomic mass is 32.2. The minimum atomic E-state index is -4.16. The summed E-state index contributed by atoms with van der Waals surface area (Å²) in [4.78, 5) is 23.8. The second kappa shape index (κ2) is 8.37. The fourth-order valence-electron chi connectivity index (χ4n) is 3.18. The first kappa shape index (κ1) is 21.3. The summed E-state index contributed by atoms with van der Waals surface area (Å²) in [6, 6.07) is 8.50. The summed E-state index contributed by atoms with van der Waals surface area (Å²) in [5.74, 6) is -1.33. The lowest BCUT2D eigenvalue weighted by atomic mass is 9.79.